The van der Waals surface area contributed by atoms with E-state index >= 15 is 0 Å². The average molecular weight is 251 g/mol. The van der Waals surface area contributed by atoms with Crippen molar-refractivity contribution in [1.29, 1.82) is 0 Å². The molecule has 0 fully saturated rings. The number of hydrogen-bond donors (Lipinski definition) is 1. The van der Waals surface area contributed by atoms with Crippen molar-refractivity contribution in [2.45, 2.75) is 6.54 Å². The summed E-state index contributed by atoms with van der Waals surface area (Å²) in [6, 6.07) is 9.90. The Morgan fingerprint density at radius 1 is 1.00 bits per heavy atom. The van der Waals surface area contributed by atoms with Crippen LogP contribution in [0.4, 0.5) is 0 Å². The topological polar surface area (TPSA) is 50.9 Å². The van der Waals surface area contributed by atoms with Gasteiger partial charge in [-0.15, -0.1) is 0 Å². The molecule has 1 N–H and O–H groups in total. The van der Waals surface area contributed by atoms with Crippen LogP contribution in [0.5, 0.6) is 5.75 Å². The maximum absolute atomic E-state index is 9.43. The summed E-state index contributed by atoms with van der Waals surface area (Å²) < 4.78 is 2.02. The standard InChI is InChI=1S/C15H13N3O/c19-15-7-14(8-17-9-15)13-3-1-12(2-4-13)10-18-6-5-16-11-18/h1-9,11,19H,10H2. The fraction of sp³-hybridized carbons (Fsp3) is 0.0667. The molecule has 1 aromatic carbocycles. The lowest BCUT2D eigenvalue weighted by Gasteiger charge is -2.05. The van der Waals surface area contributed by atoms with Crippen LogP contribution >= 0.6 is 0 Å². The molecule has 0 spiro atoms. The molecule has 0 aliphatic heterocycles. The molecule has 0 atom stereocenters. The van der Waals surface area contributed by atoms with Gasteiger partial charge < -0.3 is 9.67 Å². The third-order valence-corrected chi connectivity index (χ3v) is 2.94. The molecular formula is C15H13N3O. The summed E-state index contributed by atoms with van der Waals surface area (Å²) in [6.07, 6.45) is 8.68. The molecule has 2 aromatic heterocycles. The van der Waals surface area contributed by atoms with E-state index in [2.05, 4.69) is 22.1 Å². The van der Waals surface area contributed by atoms with Gasteiger partial charge in [0.25, 0.3) is 0 Å². The minimum absolute atomic E-state index is 0.181. The van der Waals surface area contributed by atoms with E-state index in [9.17, 15) is 5.11 Å². The van der Waals surface area contributed by atoms with Crippen LogP contribution in [0.3, 0.4) is 0 Å². The zero-order valence-corrected chi connectivity index (χ0v) is 10.3. The van der Waals surface area contributed by atoms with Crippen LogP contribution in [0.15, 0.2) is 61.4 Å². The van der Waals surface area contributed by atoms with Gasteiger partial charge in [-0.25, -0.2) is 4.98 Å². The van der Waals surface area contributed by atoms with E-state index in [1.165, 1.54) is 11.8 Å². The monoisotopic (exact) mass is 251 g/mol. The predicted molar refractivity (Wildman–Crippen MR) is 72.7 cm³/mol. The average Bonchev–Trinajstić information content (AvgIpc) is 2.92. The van der Waals surface area contributed by atoms with Gasteiger partial charge >= 0.3 is 0 Å². The van der Waals surface area contributed by atoms with Gasteiger partial charge in [-0.1, -0.05) is 24.3 Å². The Morgan fingerprint density at radius 2 is 1.84 bits per heavy atom. The molecule has 3 rings (SSSR count). The Bertz CT molecular complexity index is 660. The number of pyridine rings is 1. The van der Waals surface area contributed by atoms with Crippen LogP contribution in [0, 0.1) is 0 Å². The third kappa shape index (κ3) is 2.63. The van der Waals surface area contributed by atoms with Crippen molar-refractivity contribution < 1.29 is 5.11 Å². The van der Waals surface area contributed by atoms with Crippen molar-refractivity contribution in [3.05, 3.63) is 67.0 Å². The first kappa shape index (κ1) is 11.5. The Kier molecular flexibility index (Phi) is 2.98. The Labute approximate surface area is 111 Å². The fourth-order valence-electron chi connectivity index (χ4n) is 1.98. The molecule has 4 nitrogen and oxygen atoms in total. The van der Waals surface area contributed by atoms with Gasteiger partial charge in [0, 0.05) is 30.7 Å². The fourth-order valence-corrected chi connectivity index (χ4v) is 1.98. The molecular weight excluding hydrogens is 238 g/mol. The molecule has 19 heavy (non-hydrogen) atoms. The normalized spacial score (nSPS) is 10.5. The summed E-state index contributed by atoms with van der Waals surface area (Å²) in [5, 5.41) is 9.43. The summed E-state index contributed by atoms with van der Waals surface area (Å²) in [6.45, 7) is 0.804. The lowest BCUT2D eigenvalue weighted by Crippen LogP contribution is -1.95. The van der Waals surface area contributed by atoms with Crippen molar-refractivity contribution in [3.8, 4) is 16.9 Å². The Morgan fingerprint density at radius 3 is 2.53 bits per heavy atom. The van der Waals surface area contributed by atoms with Crippen LogP contribution < -0.4 is 0 Å². The van der Waals surface area contributed by atoms with Gasteiger partial charge in [0.1, 0.15) is 5.75 Å². The molecule has 0 saturated heterocycles. The molecule has 4 heteroatoms. The highest BCUT2D eigenvalue weighted by atomic mass is 16.3. The highest BCUT2D eigenvalue weighted by molar-refractivity contribution is 5.63. The number of aromatic hydroxyl groups is 1. The predicted octanol–water partition coefficient (Wildman–Crippen LogP) is 2.70. The second-order valence-electron chi connectivity index (χ2n) is 4.36. The SMILES string of the molecule is Oc1cncc(-c2ccc(Cn3ccnc3)cc2)c1. The second-order valence-corrected chi connectivity index (χ2v) is 4.36. The molecule has 3 aromatic rings. The molecule has 0 amide bonds. The van der Waals surface area contributed by atoms with Gasteiger partial charge in [-0.05, 0) is 17.2 Å². The van der Waals surface area contributed by atoms with Gasteiger partial charge in [0.05, 0.1) is 12.5 Å². The smallest absolute Gasteiger partial charge is 0.134 e. The van der Waals surface area contributed by atoms with Crippen LogP contribution in [0.1, 0.15) is 5.56 Å². The van der Waals surface area contributed by atoms with Crippen LogP contribution in [-0.4, -0.2) is 19.6 Å². The van der Waals surface area contributed by atoms with Crippen LogP contribution in [0.25, 0.3) is 11.1 Å². The molecule has 2 heterocycles. The maximum Gasteiger partial charge on any atom is 0.134 e. The molecule has 0 radical (unpaired) electrons. The highest BCUT2D eigenvalue weighted by Crippen LogP contribution is 2.22. The molecule has 94 valence electrons. The lowest BCUT2D eigenvalue weighted by molar-refractivity contribution is 0.473. The van der Waals surface area contributed by atoms with E-state index in [0.29, 0.717) is 0 Å². The largest absolute Gasteiger partial charge is 0.506 e. The van der Waals surface area contributed by atoms with Gasteiger partial charge in [0.15, 0.2) is 0 Å². The Balaban J connectivity index is 1.82. The maximum atomic E-state index is 9.43. The minimum Gasteiger partial charge on any atom is -0.506 e. The minimum atomic E-state index is 0.181. The van der Waals surface area contributed by atoms with Crippen LogP contribution in [-0.2, 0) is 6.54 Å². The first-order valence-corrected chi connectivity index (χ1v) is 6.00. The third-order valence-electron chi connectivity index (χ3n) is 2.94. The van der Waals surface area contributed by atoms with Crippen molar-refractivity contribution in [1.82, 2.24) is 14.5 Å². The van der Waals surface area contributed by atoms with Gasteiger partial charge in [0.2, 0.25) is 0 Å². The zero-order chi connectivity index (χ0) is 13.1. The quantitative estimate of drug-likeness (QED) is 0.778. The molecule has 0 aliphatic rings. The first-order chi connectivity index (χ1) is 9.31. The summed E-state index contributed by atoms with van der Waals surface area (Å²) in [4.78, 5) is 8.00. The number of rotatable bonds is 3. The van der Waals surface area contributed by atoms with Crippen LogP contribution in [0.2, 0.25) is 0 Å². The summed E-state index contributed by atoms with van der Waals surface area (Å²) in [5.74, 6) is 0.181. The number of nitrogens with zero attached hydrogens (tertiary/aromatic N) is 3. The van der Waals surface area contributed by atoms with E-state index in [1.807, 2.05) is 22.9 Å². The van der Waals surface area contributed by atoms with Crippen molar-refractivity contribution in [2.24, 2.45) is 0 Å². The number of imidazole rings is 1. The highest BCUT2D eigenvalue weighted by Gasteiger charge is 2.00. The number of hydrogen-bond acceptors (Lipinski definition) is 3. The van der Waals surface area contributed by atoms with Gasteiger partial charge in [-0.2, -0.15) is 0 Å². The first-order valence-electron chi connectivity index (χ1n) is 6.00. The van der Waals surface area contributed by atoms with E-state index in [-0.39, 0.29) is 5.75 Å². The summed E-state index contributed by atoms with van der Waals surface area (Å²) in [5.41, 5.74) is 3.15. The molecule has 0 saturated carbocycles. The van der Waals surface area contributed by atoms with E-state index in [1.54, 1.807) is 24.8 Å². The van der Waals surface area contributed by atoms with E-state index < -0.39 is 0 Å². The zero-order valence-electron chi connectivity index (χ0n) is 10.3. The Hall–Kier alpha value is -2.62. The molecule has 0 unspecified atom stereocenters. The van der Waals surface area contributed by atoms with E-state index in [0.717, 1.165) is 17.7 Å². The summed E-state index contributed by atoms with van der Waals surface area (Å²) >= 11 is 0. The molecule has 0 aliphatic carbocycles. The number of aromatic nitrogens is 3. The number of benzene rings is 1. The lowest BCUT2D eigenvalue weighted by atomic mass is 10.1. The van der Waals surface area contributed by atoms with E-state index in [4.69, 9.17) is 0 Å². The second kappa shape index (κ2) is 4.94. The van der Waals surface area contributed by atoms with Crippen molar-refractivity contribution >= 4 is 0 Å². The molecule has 0 bridgehead atoms. The van der Waals surface area contributed by atoms with Crippen molar-refractivity contribution in [2.75, 3.05) is 0 Å². The van der Waals surface area contributed by atoms with Gasteiger partial charge in [-0.3, -0.25) is 4.98 Å². The summed E-state index contributed by atoms with van der Waals surface area (Å²) in [7, 11) is 0. The van der Waals surface area contributed by atoms with Crippen molar-refractivity contribution in [3.63, 3.8) is 0 Å².